The van der Waals surface area contributed by atoms with Crippen molar-refractivity contribution < 1.29 is 9.18 Å². The van der Waals surface area contributed by atoms with Gasteiger partial charge in [-0.3, -0.25) is 9.69 Å². The summed E-state index contributed by atoms with van der Waals surface area (Å²) in [7, 11) is 0. The van der Waals surface area contributed by atoms with Crippen molar-refractivity contribution in [2.75, 3.05) is 24.7 Å². The second-order valence-electron chi connectivity index (χ2n) is 7.64. The molecule has 0 spiro atoms. The van der Waals surface area contributed by atoms with Gasteiger partial charge in [-0.15, -0.1) is 11.8 Å². The number of anilines is 1. The van der Waals surface area contributed by atoms with Gasteiger partial charge in [-0.2, -0.15) is 0 Å². The second-order valence-corrected chi connectivity index (χ2v) is 8.52. The number of benzene rings is 2. The van der Waals surface area contributed by atoms with Gasteiger partial charge in [0.2, 0.25) is 5.91 Å². The van der Waals surface area contributed by atoms with Crippen molar-refractivity contribution in [2.24, 2.45) is 5.92 Å². The Balaban J connectivity index is 1.47. The van der Waals surface area contributed by atoms with Crippen LogP contribution in [0.2, 0.25) is 0 Å². The molecule has 1 aliphatic rings. The lowest BCUT2D eigenvalue weighted by molar-refractivity contribution is -0.116. The lowest BCUT2D eigenvalue weighted by Gasteiger charge is -2.32. The number of piperidine rings is 1. The summed E-state index contributed by atoms with van der Waals surface area (Å²) in [5, 5.41) is 2.92. The van der Waals surface area contributed by atoms with Crippen molar-refractivity contribution >= 4 is 23.4 Å². The fourth-order valence-electron chi connectivity index (χ4n) is 3.87. The summed E-state index contributed by atoms with van der Waals surface area (Å²) in [6.07, 6.45) is 5.88. The SMILES string of the molecule is CSc1cccc(CN2CCCC(CCC(=O)Nc3ccc(F)cc3C)C2)c1. The van der Waals surface area contributed by atoms with Crippen LogP contribution in [0.25, 0.3) is 0 Å². The minimum absolute atomic E-state index is 0.0134. The van der Waals surface area contributed by atoms with Gasteiger partial charge < -0.3 is 5.32 Å². The Morgan fingerprint density at radius 2 is 2.14 bits per heavy atom. The van der Waals surface area contributed by atoms with E-state index in [0.717, 1.165) is 31.6 Å². The molecule has 1 N–H and O–H groups in total. The standard InChI is InChI=1S/C23H29FN2OS/c1-17-13-20(24)9-10-22(17)25-23(27)11-8-18-6-4-12-26(15-18)16-19-5-3-7-21(14-19)28-2/h3,5,7,9-10,13-14,18H,4,6,8,11-12,15-16H2,1-2H3,(H,25,27). The first kappa shape index (κ1) is 20.9. The number of amides is 1. The van der Waals surface area contributed by atoms with Gasteiger partial charge in [0, 0.05) is 30.1 Å². The molecule has 0 saturated carbocycles. The van der Waals surface area contributed by atoms with Gasteiger partial charge in [0.1, 0.15) is 5.82 Å². The van der Waals surface area contributed by atoms with E-state index in [-0.39, 0.29) is 11.7 Å². The van der Waals surface area contributed by atoms with E-state index in [2.05, 4.69) is 40.7 Å². The van der Waals surface area contributed by atoms with Gasteiger partial charge in [-0.1, -0.05) is 12.1 Å². The molecular weight excluding hydrogens is 371 g/mol. The van der Waals surface area contributed by atoms with Crippen LogP contribution in [-0.2, 0) is 11.3 Å². The molecule has 2 aromatic rings. The van der Waals surface area contributed by atoms with Crippen molar-refractivity contribution in [3.8, 4) is 0 Å². The summed E-state index contributed by atoms with van der Waals surface area (Å²) >= 11 is 1.78. The Morgan fingerprint density at radius 3 is 2.93 bits per heavy atom. The normalized spacial score (nSPS) is 17.5. The van der Waals surface area contributed by atoms with E-state index in [1.54, 1.807) is 17.8 Å². The summed E-state index contributed by atoms with van der Waals surface area (Å²) in [4.78, 5) is 16.1. The first-order valence-electron chi connectivity index (χ1n) is 9.95. The van der Waals surface area contributed by atoms with E-state index in [1.165, 1.54) is 35.4 Å². The van der Waals surface area contributed by atoms with Crippen LogP contribution in [0.5, 0.6) is 0 Å². The zero-order chi connectivity index (χ0) is 19.9. The first-order chi connectivity index (χ1) is 13.5. The predicted octanol–water partition coefficient (Wildman–Crippen LogP) is 5.49. The molecule has 1 unspecified atom stereocenters. The van der Waals surface area contributed by atoms with Crippen molar-refractivity contribution in [1.82, 2.24) is 4.90 Å². The number of nitrogens with zero attached hydrogens (tertiary/aromatic N) is 1. The van der Waals surface area contributed by atoms with Crippen LogP contribution in [0.4, 0.5) is 10.1 Å². The number of hydrogen-bond donors (Lipinski definition) is 1. The Morgan fingerprint density at radius 1 is 1.29 bits per heavy atom. The number of hydrogen-bond acceptors (Lipinski definition) is 3. The highest BCUT2D eigenvalue weighted by atomic mass is 32.2. The van der Waals surface area contributed by atoms with Gasteiger partial charge in [-0.25, -0.2) is 4.39 Å². The van der Waals surface area contributed by atoms with Crippen molar-refractivity contribution in [2.45, 2.75) is 44.0 Å². The van der Waals surface area contributed by atoms with E-state index in [9.17, 15) is 9.18 Å². The maximum Gasteiger partial charge on any atom is 0.224 e. The van der Waals surface area contributed by atoms with Crippen LogP contribution < -0.4 is 5.32 Å². The van der Waals surface area contributed by atoms with Crippen LogP contribution in [0.3, 0.4) is 0 Å². The third-order valence-electron chi connectivity index (χ3n) is 5.39. The van der Waals surface area contributed by atoms with Gasteiger partial charge in [0.25, 0.3) is 0 Å². The zero-order valence-corrected chi connectivity index (χ0v) is 17.5. The van der Waals surface area contributed by atoms with Crippen LogP contribution in [0, 0.1) is 18.7 Å². The molecule has 3 nitrogen and oxygen atoms in total. The van der Waals surface area contributed by atoms with Gasteiger partial charge >= 0.3 is 0 Å². The van der Waals surface area contributed by atoms with Crippen molar-refractivity contribution in [3.05, 3.63) is 59.4 Å². The summed E-state index contributed by atoms with van der Waals surface area (Å²) in [5.41, 5.74) is 2.81. The highest BCUT2D eigenvalue weighted by Gasteiger charge is 2.21. The van der Waals surface area contributed by atoms with Crippen LogP contribution in [-0.4, -0.2) is 30.2 Å². The van der Waals surface area contributed by atoms with Crippen LogP contribution >= 0.6 is 11.8 Å². The van der Waals surface area contributed by atoms with Gasteiger partial charge in [0.15, 0.2) is 0 Å². The Kier molecular flexibility index (Phi) is 7.51. The molecule has 0 aromatic heterocycles. The minimum atomic E-state index is -0.277. The van der Waals surface area contributed by atoms with Crippen molar-refractivity contribution in [1.29, 1.82) is 0 Å². The summed E-state index contributed by atoms with van der Waals surface area (Å²) in [6, 6.07) is 13.2. The van der Waals surface area contributed by atoms with Crippen LogP contribution in [0.1, 0.15) is 36.8 Å². The number of carbonyl (C=O) groups excluding carboxylic acids is 1. The first-order valence-corrected chi connectivity index (χ1v) is 11.2. The Labute approximate surface area is 171 Å². The van der Waals surface area contributed by atoms with Gasteiger partial charge in [-0.05, 0) is 86.4 Å². The smallest absolute Gasteiger partial charge is 0.224 e. The van der Waals surface area contributed by atoms with E-state index < -0.39 is 0 Å². The molecule has 1 amide bonds. The third kappa shape index (κ3) is 6.08. The lowest BCUT2D eigenvalue weighted by Crippen LogP contribution is -2.35. The van der Waals surface area contributed by atoms with E-state index in [1.807, 2.05) is 6.92 Å². The number of thioether (sulfide) groups is 1. The molecular formula is C23H29FN2OS. The molecule has 5 heteroatoms. The fraction of sp³-hybridized carbons (Fsp3) is 0.435. The summed E-state index contributed by atoms with van der Waals surface area (Å²) in [5.74, 6) is 0.290. The number of carbonyl (C=O) groups is 1. The summed E-state index contributed by atoms with van der Waals surface area (Å²) < 4.78 is 13.2. The zero-order valence-electron chi connectivity index (χ0n) is 16.7. The molecule has 0 aliphatic carbocycles. The summed E-state index contributed by atoms with van der Waals surface area (Å²) in [6.45, 7) is 4.96. The van der Waals surface area contributed by atoms with E-state index in [0.29, 0.717) is 18.0 Å². The molecule has 3 rings (SSSR count). The second kappa shape index (κ2) is 10.1. The molecule has 1 fully saturated rings. The van der Waals surface area contributed by atoms with Crippen molar-refractivity contribution in [3.63, 3.8) is 0 Å². The van der Waals surface area contributed by atoms with E-state index >= 15 is 0 Å². The maximum absolute atomic E-state index is 13.2. The van der Waals surface area contributed by atoms with Crippen LogP contribution in [0.15, 0.2) is 47.4 Å². The monoisotopic (exact) mass is 400 g/mol. The number of rotatable bonds is 7. The number of aryl methyl sites for hydroxylation is 1. The molecule has 1 heterocycles. The predicted molar refractivity (Wildman–Crippen MR) is 115 cm³/mol. The maximum atomic E-state index is 13.2. The molecule has 1 saturated heterocycles. The van der Waals surface area contributed by atoms with Gasteiger partial charge in [0.05, 0.1) is 0 Å². The minimum Gasteiger partial charge on any atom is -0.326 e. The Hall–Kier alpha value is -1.85. The lowest BCUT2D eigenvalue weighted by atomic mass is 9.93. The molecule has 1 atom stereocenters. The number of halogens is 1. The molecule has 28 heavy (non-hydrogen) atoms. The number of likely N-dealkylation sites (tertiary alicyclic amines) is 1. The number of nitrogens with one attached hydrogen (secondary N) is 1. The average molecular weight is 401 g/mol. The Bertz CT molecular complexity index is 811. The topological polar surface area (TPSA) is 32.3 Å². The molecule has 150 valence electrons. The molecule has 0 radical (unpaired) electrons. The molecule has 0 bridgehead atoms. The highest BCUT2D eigenvalue weighted by molar-refractivity contribution is 7.98. The van der Waals surface area contributed by atoms with E-state index in [4.69, 9.17) is 0 Å². The largest absolute Gasteiger partial charge is 0.326 e. The third-order valence-corrected chi connectivity index (χ3v) is 6.11. The fourth-order valence-corrected chi connectivity index (χ4v) is 4.36. The molecule has 1 aliphatic heterocycles. The highest BCUT2D eigenvalue weighted by Crippen LogP contribution is 2.24. The quantitative estimate of drug-likeness (QED) is 0.624. The average Bonchev–Trinajstić information content (AvgIpc) is 2.69. The molecule has 2 aromatic carbocycles.